The zero-order chi connectivity index (χ0) is 18.2. The van der Waals surface area contributed by atoms with Gasteiger partial charge >= 0.3 is 0 Å². The van der Waals surface area contributed by atoms with E-state index in [4.69, 9.17) is 4.98 Å². The van der Waals surface area contributed by atoms with E-state index in [2.05, 4.69) is 10.1 Å². The fourth-order valence-electron chi connectivity index (χ4n) is 3.38. The summed E-state index contributed by atoms with van der Waals surface area (Å²) in [5.74, 6) is 1.23. The van der Waals surface area contributed by atoms with Crippen molar-refractivity contribution in [3.63, 3.8) is 0 Å². The summed E-state index contributed by atoms with van der Waals surface area (Å²) >= 11 is 0. The van der Waals surface area contributed by atoms with Crippen molar-refractivity contribution in [2.24, 2.45) is 12.5 Å². The van der Waals surface area contributed by atoms with Gasteiger partial charge in [0.15, 0.2) is 0 Å². The highest BCUT2D eigenvalue weighted by Crippen LogP contribution is 2.29. The third-order valence-electron chi connectivity index (χ3n) is 4.67. The van der Waals surface area contributed by atoms with Crippen LogP contribution in [0.15, 0.2) is 18.3 Å². The molecule has 1 saturated heterocycles. The van der Waals surface area contributed by atoms with E-state index in [0.717, 1.165) is 42.3 Å². The molecule has 0 aromatic carbocycles. The van der Waals surface area contributed by atoms with E-state index in [-0.39, 0.29) is 17.2 Å². The molecule has 3 heterocycles. The summed E-state index contributed by atoms with van der Waals surface area (Å²) in [4.78, 5) is 24.1. The number of piperidine rings is 1. The quantitative estimate of drug-likeness (QED) is 0.842. The number of aromatic nitrogens is 4. The average Bonchev–Trinajstić information content (AvgIpc) is 2.99. The van der Waals surface area contributed by atoms with E-state index in [9.17, 15) is 4.79 Å². The van der Waals surface area contributed by atoms with Crippen molar-refractivity contribution >= 4 is 5.91 Å². The van der Waals surface area contributed by atoms with Gasteiger partial charge in [-0.2, -0.15) is 5.10 Å². The first-order valence-electron chi connectivity index (χ1n) is 8.89. The zero-order valence-electron chi connectivity index (χ0n) is 15.8. The first-order chi connectivity index (χ1) is 11.8. The fraction of sp³-hybridized carbons (Fsp3) is 0.579. The molecule has 1 atom stereocenters. The van der Waals surface area contributed by atoms with E-state index in [1.165, 1.54) is 0 Å². The molecule has 6 heteroatoms. The highest BCUT2D eigenvalue weighted by Gasteiger charge is 2.32. The third kappa shape index (κ3) is 3.72. The Bertz CT molecular complexity index is 774. The van der Waals surface area contributed by atoms with Crippen LogP contribution in [0.1, 0.15) is 51.0 Å². The molecule has 1 fully saturated rings. The highest BCUT2D eigenvalue weighted by molar-refractivity contribution is 5.81. The van der Waals surface area contributed by atoms with Gasteiger partial charge in [0.25, 0.3) is 0 Å². The van der Waals surface area contributed by atoms with E-state index in [1.54, 1.807) is 6.20 Å². The van der Waals surface area contributed by atoms with Crippen LogP contribution in [0.4, 0.5) is 0 Å². The number of carbonyl (C=O) groups excluding carboxylic acids is 1. The molecule has 0 saturated carbocycles. The lowest BCUT2D eigenvalue weighted by Gasteiger charge is -2.36. The molecular formula is C19H27N5O. The molecule has 3 rings (SSSR count). The molecule has 2 aromatic heterocycles. The van der Waals surface area contributed by atoms with Gasteiger partial charge in [0, 0.05) is 43.4 Å². The van der Waals surface area contributed by atoms with Crippen LogP contribution < -0.4 is 0 Å². The Balaban J connectivity index is 1.88. The maximum Gasteiger partial charge on any atom is 0.227 e. The third-order valence-corrected chi connectivity index (χ3v) is 4.67. The summed E-state index contributed by atoms with van der Waals surface area (Å²) in [6, 6.07) is 3.95. The molecule has 2 aromatic rings. The summed E-state index contributed by atoms with van der Waals surface area (Å²) in [6.07, 6.45) is 3.78. The van der Waals surface area contributed by atoms with Gasteiger partial charge in [-0.1, -0.05) is 20.8 Å². The molecule has 0 unspecified atom stereocenters. The molecule has 0 aliphatic carbocycles. The maximum absolute atomic E-state index is 12.6. The van der Waals surface area contributed by atoms with Gasteiger partial charge in [-0.25, -0.2) is 9.97 Å². The number of hydrogen-bond acceptors (Lipinski definition) is 4. The second kappa shape index (κ2) is 6.58. The second-order valence-corrected chi connectivity index (χ2v) is 7.93. The lowest BCUT2D eigenvalue weighted by Crippen LogP contribution is -2.44. The summed E-state index contributed by atoms with van der Waals surface area (Å²) in [6.45, 7) is 9.44. The van der Waals surface area contributed by atoms with Crippen molar-refractivity contribution in [1.29, 1.82) is 0 Å². The lowest BCUT2D eigenvalue weighted by molar-refractivity contribution is -0.140. The number of hydrogen-bond donors (Lipinski definition) is 0. The molecule has 0 radical (unpaired) electrons. The van der Waals surface area contributed by atoms with Crippen molar-refractivity contribution in [2.75, 3.05) is 13.1 Å². The Labute approximate surface area is 149 Å². The number of rotatable bonds is 2. The summed E-state index contributed by atoms with van der Waals surface area (Å²) in [7, 11) is 1.91. The zero-order valence-corrected chi connectivity index (χ0v) is 15.8. The number of aryl methyl sites for hydroxylation is 2. The minimum absolute atomic E-state index is 0.187. The van der Waals surface area contributed by atoms with E-state index >= 15 is 0 Å². The molecule has 1 aliphatic rings. The smallest absolute Gasteiger partial charge is 0.227 e. The normalized spacial score (nSPS) is 18.4. The van der Waals surface area contributed by atoms with Gasteiger partial charge in [0.2, 0.25) is 5.91 Å². The molecule has 1 amide bonds. The fourth-order valence-corrected chi connectivity index (χ4v) is 3.38. The molecule has 0 N–H and O–H groups in total. The van der Waals surface area contributed by atoms with Crippen LogP contribution in [-0.4, -0.2) is 43.6 Å². The van der Waals surface area contributed by atoms with Gasteiger partial charge in [-0.3, -0.25) is 9.48 Å². The Morgan fingerprint density at radius 1 is 1.28 bits per heavy atom. The minimum atomic E-state index is -0.352. The van der Waals surface area contributed by atoms with E-state index in [0.29, 0.717) is 6.54 Å². The summed E-state index contributed by atoms with van der Waals surface area (Å²) < 4.78 is 1.82. The number of carbonyl (C=O) groups is 1. The van der Waals surface area contributed by atoms with Crippen LogP contribution in [0.3, 0.4) is 0 Å². The first kappa shape index (κ1) is 17.6. The Kier molecular flexibility index (Phi) is 4.62. The predicted molar refractivity (Wildman–Crippen MR) is 97.0 cm³/mol. The van der Waals surface area contributed by atoms with Crippen molar-refractivity contribution in [2.45, 2.75) is 46.5 Å². The highest BCUT2D eigenvalue weighted by atomic mass is 16.2. The van der Waals surface area contributed by atoms with Gasteiger partial charge in [0.05, 0.1) is 11.4 Å². The maximum atomic E-state index is 12.6. The topological polar surface area (TPSA) is 63.9 Å². The molecule has 0 spiro atoms. The SMILES string of the molecule is Cc1cc(-c2ccnn2C)nc([C@@H]2CCCN(C(=O)C(C)(C)C)C2)n1. The number of nitrogens with zero attached hydrogens (tertiary/aromatic N) is 5. The van der Waals surface area contributed by atoms with Crippen LogP contribution in [0, 0.1) is 12.3 Å². The van der Waals surface area contributed by atoms with Crippen LogP contribution in [0.2, 0.25) is 0 Å². The molecule has 1 aliphatic heterocycles. The molecular weight excluding hydrogens is 314 g/mol. The van der Waals surface area contributed by atoms with Crippen molar-refractivity contribution in [3.05, 3.63) is 29.8 Å². The van der Waals surface area contributed by atoms with Crippen LogP contribution in [-0.2, 0) is 11.8 Å². The van der Waals surface area contributed by atoms with Crippen LogP contribution >= 0.6 is 0 Å². The van der Waals surface area contributed by atoms with Gasteiger partial charge in [-0.05, 0) is 31.9 Å². The molecule has 6 nitrogen and oxygen atoms in total. The van der Waals surface area contributed by atoms with E-state index < -0.39 is 0 Å². The van der Waals surface area contributed by atoms with Gasteiger partial charge in [0.1, 0.15) is 5.82 Å². The molecule has 25 heavy (non-hydrogen) atoms. The minimum Gasteiger partial charge on any atom is -0.342 e. The Morgan fingerprint density at radius 3 is 2.68 bits per heavy atom. The number of amides is 1. The monoisotopic (exact) mass is 341 g/mol. The Hall–Kier alpha value is -2.24. The van der Waals surface area contributed by atoms with E-state index in [1.807, 2.05) is 56.5 Å². The lowest BCUT2D eigenvalue weighted by atomic mass is 9.91. The largest absolute Gasteiger partial charge is 0.342 e. The van der Waals surface area contributed by atoms with Crippen LogP contribution in [0.5, 0.6) is 0 Å². The second-order valence-electron chi connectivity index (χ2n) is 7.93. The van der Waals surface area contributed by atoms with Crippen molar-refractivity contribution < 1.29 is 4.79 Å². The van der Waals surface area contributed by atoms with Crippen molar-refractivity contribution in [1.82, 2.24) is 24.6 Å². The molecule has 0 bridgehead atoms. The number of likely N-dealkylation sites (tertiary alicyclic amines) is 1. The van der Waals surface area contributed by atoms with Gasteiger partial charge < -0.3 is 4.90 Å². The standard InChI is InChI=1S/C19H27N5O/c1-13-11-15(16-8-9-20-23(16)5)22-17(21-13)14-7-6-10-24(12-14)18(25)19(2,3)4/h8-9,11,14H,6-7,10,12H2,1-5H3/t14-/m1/s1. The van der Waals surface area contributed by atoms with Crippen LogP contribution in [0.25, 0.3) is 11.4 Å². The van der Waals surface area contributed by atoms with Gasteiger partial charge in [-0.15, -0.1) is 0 Å². The summed E-state index contributed by atoms with van der Waals surface area (Å²) in [5.41, 5.74) is 2.46. The summed E-state index contributed by atoms with van der Waals surface area (Å²) in [5, 5.41) is 4.23. The molecule has 134 valence electrons. The predicted octanol–water partition coefficient (Wildman–Crippen LogP) is 2.94. The average molecular weight is 341 g/mol. The first-order valence-corrected chi connectivity index (χ1v) is 8.89. The Morgan fingerprint density at radius 2 is 2.04 bits per heavy atom. The van der Waals surface area contributed by atoms with Crippen molar-refractivity contribution in [3.8, 4) is 11.4 Å².